The first-order valence-electron chi connectivity index (χ1n) is 28.2. The van der Waals surface area contributed by atoms with Crippen molar-refractivity contribution < 1.29 is 37.0 Å². The maximum absolute atomic E-state index is 7.62. The molecule has 5 fully saturated rings. The molecule has 5 heterocycles. The first-order chi connectivity index (χ1) is 33.5. The zero-order chi connectivity index (χ0) is 52.8. The third-order valence-electron chi connectivity index (χ3n) is 18.9. The average Bonchev–Trinajstić information content (AvgIpc) is 3.55. The lowest BCUT2D eigenvalue weighted by molar-refractivity contribution is -0.272. The molecule has 0 saturated carbocycles. The molecule has 0 amide bonds. The van der Waals surface area contributed by atoms with Crippen molar-refractivity contribution in [2.75, 3.05) is 6.61 Å². The molecule has 0 aliphatic carbocycles. The summed E-state index contributed by atoms with van der Waals surface area (Å²) in [5.41, 5.74) is -1.51. The Labute approximate surface area is 441 Å². The van der Waals surface area contributed by atoms with Crippen molar-refractivity contribution in [2.45, 2.75) is 274 Å². The van der Waals surface area contributed by atoms with Gasteiger partial charge in [0.15, 0.2) is 16.6 Å². The van der Waals surface area contributed by atoms with Gasteiger partial charge in [-0.25, -0.2) is 0 Å². The molecule has 8 nitrogen and oxygen atoms in total. The van der Waals surface area contributed by atoms with Gasteiger partial charge in [0.1, 0.15) is 6.10 Å². The van der Waals surface area contributed by atoms with Crippen LogP contribution in [0, 0.1) is 5.92 Å². The molecular weight excluding hydrogens is 945 g/mol. The van der Waals surface area contributed by atoms with Crippen molar-refractivity contribution in [1.29, 1.82) is 0 Å². The average molecular weight is 1050 g/mol. The van der Waals surface area contributed by atoms with Gasteiger partial charge in [-0.1, -0.05) is 155 Å². The van der Waals surface area contributed by atoms with Crippen LogP contribution in [0.2, 0.25) is 41.3 Å². The lowest BCUT2D eigenvalue weighted by Crippen LogP contribution is -2.66. The first kappa shape index (κ1) is 57.9. The van der Waals surface area contributed by atoms with E-state index < -0.39 is 41.8 Å². The predicted molar refractivity (Wildman–Crippen MR) is 304 cm³/mol. The number of benzene rings is 2. The number of fused-ring (bicyclic) bond motifs is 4. The van der Waals surface area contributed by atoms with Crippen LogP contribution in [0.1, 0.15) is 161 Å². The molecule has 404 valence electrons. The Bertz CT molecular complexity index is 2070. The Kier molecular flexibility index (Phi) is 17.7. The van der Waals surface area contributed by atoms with Crippen molar-refractivity contribution in [3.05, 3.63) is 85.5 Å². The minimum atomic E-state index is -2.65. The summed E-state index contributed by atoms with van der Waals surface area (Å²) in [7, 11) is -7.06. The Morgan fingerprint density at radius 1 is 0.681 bits per heavy atom. The second-order valence-corrected chi connectivity index (χ2v) is 41.4. The summed E-state index contributed by atoms with van der Waals surface area (Å²) < 4.78 is 59.8. The molecule has 5 saturated heterocycles. The Morgan fingerprint density at radius 3 is 1.83 bits per heavy atom. The normalized spacial score (nSPS) is 35.2. The van der Waals surface area contributed by atoms with Crippen molar-refractivity contribution in [2.24, 2.45) is 5.92 Å². The number of ether oxygens (including phenoxy) is 5. The fourth-order valence-electron chi connectivity index (χ4n) is 12.5. The zero-order valence-corrected chi connectivity index (χ0v) is 51.2. The van der Waals surface area contributed by atoms with Gasteiger partial charge in [-0.05, 0) is 136 Å². The van der Waals surface area contributed by atoms with Gasteiger partial charge in [-0.2, -0.15) is 0 Å². The van der Waals surface area contributed by atoms with Gasteiger partial charge in [-0.15, -0.1) is 0 Å². The van der Waals surface area contributed by atoms with E-state index in [0.717, 1.165) is 70.6 Å². The highest BCUT2D eigenvalue weighted by molar-refractivity contribution is 6.99. The maximum atomic E-state index is 7.62. The van der Waals surface area contributed by atoms with Gasteiger partial charge < -0.3 is 37.0 Å². The third kappa shape index (κ3) is 12.2. The van der Waals surface area contributed by atoms with Gasteiger partial charge in [0.05, 0.1) is 65.6 Å². The van der Waals surface area contributed by atoms with Gasteiger partial charge in [0, 0.05) is 19.4 Å². The van der Waals surface area contributed by atoms with Crippen molar-refractivity contribution in [1.82, 2.24) is 0 Å². The smallest absolute Gasteiger partial charge is 0.261 e. The second kappa shape index (κ2) is 21.9. The molecule has 0 aromatic heterocycles. The predicted octanol–water partition coefficient (Wildman–Crippen LogP) is 14.0. The largest absolute Gasteiger partial charge is 0.411 e. The number of hydrogen-bond donors (Lipinski definition) is 0. The van der Waals surface area contributed by atoms with Crippen molar-refractivity contribution >= 4 is 35.3 Å². The lowest BCUT2D eigenvalue weighted by Gasteiger charge is -2.50. The summed E-state index contributed by atoms with van der Waals surface area (Å²) in [6.07, 6.45) is 14.6. The summed E-state index contributed by atoms with van der Waals surface area (Å²) in [5, 5.41) is 2.66. The van der Waals surface area contributed by atoms with Crippen LogP contribution in [0.3, 0.4) is 0 Å². The molecule has 0 N–H and O–H groups in total. The van der Waals surface area contributed by atoms with E-state index in [9.17, 15) is 0 Å². The number of rotatable bonds is 15. The maximum Gasteiger partial charge on any atom is 0.261 e. The number of hydrogen-bond acceptors (Lipinski definition) is 8. The topological polar surface area (TPSA) is 73.8 Å². The highest BCUT2D eigenvalue weighted by atomic mass is 28.4. The summed E-state index contributed by atoms with van der Waals surface area (Å²) in [6.45, 7) is 44.5. The van der Waals surface area contributed by atoms with E-state index in [0.29, 0.717) is 12.5 Å². The van der Waals surface area contributed by atoms with Crippen LogP contribution in [0.5, 0.6) is 0 Å². The van der Waals surface area contributed by atoms with Crippen LogP contribution in [-0.4, -0.2) is 103 Å². The lowest BCUT2D eigenvalue weighted by atomic mass is 9.79. The zero-order valence-electron chi connectivity index (χ0n) is 48.2. The molecule has 5 aliphatic heterocycles. The molecule has 0 unspecified atom stereocenters. The monoisotopic (exact) mass is 1040 g/mol. The first-order valence-corrected chi connectivity index (χ1v) is 35.9. The van der Waals surface area contributed by atoms with E-state index in [1.807, 2.05) is 12.2 Å². The molecule has 11 heteroatoms. The summed E-state index contributed by atoms with van der Waals surface area (Å²) in [5.74, 6) is 0.308. The van der Waals surface area contributed by atoms with Crippen LogP contribution in [0.4, 0.5) is 0 Å². The van der Waals surface area contributed by atoms with E-state index in [2.05, 4.69) is 190 Å². The molecular formula is C61H100O8Si3. The highest BCUT2D eigenvalue weighted by Crippen LogP contribution is 2.52. The molecule has 72 heavy (non-hydrogen) atoms. The fraction of sp³-hybridized carbons (Fsp3) is 0.738. The van der Waals surface area contributed by atoms with E-state index in [-0.39, 0.29) is 70.1 Å². The SMILES string of the molecule is C=C/C=C\CC[C@H]1O[C@H]2CC[C@@]3(C)O[C@H]4[C@@H](O[Si](C)(C)C(C)(C)C)C[C@@]5(C)O[C@@H](CCCO[Si](c6ccccc6)(c6ccccc6)C(C)(C)C)[C@@H](C)C[C@@H]5O[C@@H]4C[C@@H]3O[C@@H]2CC[C@]1(C)O[Si](C)(C)C(C)(C)C. The van der Waals surface area contributed by atoms with Crippen LogP contribution >= 0.6 is 0 Å². The number of allylic oxidation sites excluding steroid dienone is 3. The van der Waals surface area contributed by atoms with Crippen LogP contribution < -0.4 is 10.4 Å². The molecule has 2 aromatic carbocycles. The quantitative estimate of drug-likeness (QED) is 0.0992. The minimum Gasteiger partial charge on any atom is -0.411 e. The summed E-state index contributed by atoms with van der Waals surface area (Å²) in [4.78, 5) is 0. The van der Waals surface area contributed by atoms with Gasteiger partial charge >= 0.3 is 0 Å². The third-order valence-corrected chi connectivity index (χ3v) is 33.1. The van der Waals surface area contributed by atoms with Crippen molar-refractivity contribution in [3.8, 4) is 0 Å². The fourth-order valence-corrected chi connectivity index (χ4v) is 20.2. The van der Waals surface area contributed by atoms with E-state index in [1.165, 1.54) is 10.4 Å². The van der Waals surface area contributed by atoms with E-state index in [1.54, 1.807) is 0 Å². The highest BCUT2D eigenvalue weighted by Gasteiger charge is 2.61. The van der Waals surface area contributed by atoms with E-state index in [4.69, 9.17) is 37.0 Å². The van der Waals surface area contributed by atoms with Crippen LogP contribution in [0.15, 0.2) is 85.5 Å². The van der Waals surface area contributed by atoms with Gasteiger partial charge in [-0.3, -0.25) is 0 Å². The molecule has 7 rings (SSSR count). The summed E-state index contributed by atoms with van der Waals surface area (Å²) in [6, 6.07) is 22.0. The molecule has 0 spiro atoms. The van der Waals surface area contributed by atoms with Gasteiger partial charge in [0.25, 0.3) is 8.32 Å². The molecule has 2 aromatic rings. The summed E-state index contributed by atoms with van der Waals surface area (Å²) >= 11 is 0. The van der Waals surface area contributed by atoms with Crippen LogP contribution in [0.25, 0.3) is 0 Å². The Hall–Kier alpha value is -1.75. The standard InChI is InChI=1S/C61H100O8Si3/c1-19-20-21-28-35-52-60(13,69-71(17,18)57(6,7)8)39-37-49-48(63-52)36-38-59(12)54(64-49)42-50-55(67-59)51(68-70(15,16)56(3,4)5)43-61(14)53(65-50)41-44(2)47(66-61)34-29-40-62-72(58(9,10)11,45-30-24-22-25-31-45)46-32-26-23-27-33-46/h19-27,30-33,44,47-55H,1,28-29,34-43H2,2-18H3/b21-20-/t44-,47-,48-,49+,50+,51-,52+,53-,54-,55+,59+,60-,61+/m0/s1. The van der Waals surface area contributed by atoms with Crippen LogP contribution in [-0.2, 0) is 37.0 Å². The van der Waals surface area contributed by atoms with Crippen molar-refractivity contribution in [3.63, 3.8) is 0 Å². The minimum absolute atomic E-state index is 0.0183. The Morgan fingerprint density at radius 2 is 1.25 bits per heavy atom. The second-order valence-electron chi connectivity index (χ2n) is 27.6. The molecule has 0 radical (unpaired) electrons. The molecule has 5 aliphatic rings. The molecule has 13 atom stereocenters. The molecule has 0 bridgehead atoms. The Balaban J connectivity index is 1.12. The van der Waals surface area contributed by atoms with E-state index >= 15 is 0 Å². The van der Waals surface area contributed by atoms with Gasteiger partial charge in [0.2, 0.25) is 0 Å².